The summed E-state index contributed by atoms with van der Waals surface area (Å²) in [5, 5.41) is 4.34. The van der Waals surface area contributed by atoms with E-state index in [1.54, 1.807) is 4.68 Å². The molecule has 0 radical (unpaired) electrons. The monoisotopic (exact) mass is 372 g/mol. The Balaban J connectivity index is 1.40. The molecule has 8 nitrogen and oxygen atoms in total. The molecule has 4 heterocycles. The van der Waals surface area contributed by atoms with Crippen molar-refractivity contribution in [2.75, 3.05) is 39.4 Å². The van der Waals surface area contributed by atoms with Crippen LogP contribution >= 0.6 is 0 Å². The molecule has 0 unspecified atom stereocenters. The molecule has 1 amide bonds. The van der Waals surface area contributed by atoms with Crippen LogP contribution in [-0.4, -0.2) is 74.4 Å². The summed E-state index contributed by atoms with van der Waals surface area (Å²) in [6.45, 7) is 5.54. The number of hydrogen-bond acceptors (Lipinski definition) is 5. The van der Waals surface area contributed by atoms with Crippen LogP contribution in [0.15, 0.2) is 24.7 Å². The van der Waals surface area contributed by atoms with E-state index in [0.29, 0.717) is 19.6 Å². The lowest BCUT2D eigenvalue weighted by Gasteiger charge is -2.32. The molecule has 4 rings (SSSR count). The van der Waals surface area contributed by atoms with Crippen molar-refractivity contribution < 1.29 is 9.53 Å². The minimum Gasteiger partial charge on any atom is -0.379 e. The van der Waals surface area contributed by atoms with Crippen molar-refractivity contribution in [3.63, 3.8) is 0 Å². The van der Waals surface area contributed by atoms with E-state index in [1.165, 1.54) is 0 Å². The number of aryl methyl sites for hydroxylation is 2. The molecule has 0 saturated carbocycles. The third-order valence-corrected chi connectivity index (χ3v) is 5.70. The predicted octanol–water partition coefficient (Wildman–Crippen LogP) is 0.447. The molecule has 2 aliphatic rings. The highest BCUT2D eigenvalue weighted by Gasteiger charge is 2.42. The number of aromatic nitrogens is 4. The number of amides is 1. The van der Waals surface area contributed by atoms with Gasteiger partial charge in [-0.25, -0.2) is 4.98 Å². The van der Waals surface area contributed by atoms with Gasteiger partial charge >= 0.3 is 0 Å². The fourth-order valence-electron chi connectivity index (χ4n) is 4.19. The molecule has 27 heavy (non-hydrogen) atoms. The topological polar surface area (TPSA) is 68.4 Å². The van der Waals surface area contributed by atoms with Crippen molar-refractivity contribution in [3.8, 4) is 0 Å². The normalized spacial score (nSPS) is 23.9. The first-order valence-corrected chi connectivity index (χ1v) is 9.56. The van der Waals surface area contributed by atoms with Crippen molar-refractivity contribution in [1.82, 2.24) is 29.1 Å². The number of ether oxygens (including phenoxy) is 1. The summed E-state index contributed by atoms with van der Waals surface area (Å²) in [6.07, 6.45) is 7.10. The van der Waals surface area contributed by atoms with Gasteiger partial charge in [-0.3, -0.25) is 14.4 Å². The molecule has 2 aromatic rings. The van der Waals surface area contributed by atoms with Gasteiger partial charge in [0, 0.05) is 57.7 Å². The smallest absolute Gasteiger partial charge is 0.228 e. The van der Waals surface area contributed by atoms with Gasteiger partial charge in [-0.05, 0) is 19.0 Å². The molecule has 2 saturated heterocycles. The van der Waals surface area contributed by atoms with Gasteiger partial charge in [0.05, 0.1) is 31.9 Å². The van der Waals surface area contributed by atoms with E-state index in [0.717, 1.165) is 50.7 Å². The summed E-state index contributed by atoms with van der Waals surface area (Å²) in [4.78, 5) is 21.7. The second-order valence-electron chi connectivity index (χ2n) is 7.94. The average Bonchev–Trinajstić information content (AvgIpc) is 3.29. The van der Waals surface area contributed by atoms with Crippen LogP contribution < -0.4 is 0 Å². The zero-order valence-corrected chi connectivity index (χ0v) is 16.2. The van der Waals surface area contributed by atoms with Crippen LogP contribution in [0.25, 0.3) is 0 Å². The summed E-state index contributed by atoms with van der Waals surface area (Å²) >= 11 is 0. The number of carbonyl (C=O) groups excluding carboxylic acids is 1. The summed E-state index contributed by atoms with van der Waals surface area (Å²) in [5.41, 5.74) is 0.839. The number of likely N-dealkylation sites (tertiary alicyclic amines) is 1. The lowest BCUT2D eigenvalue weighted by Crippen LogP contribution is -2.44. The Morgan fingerprint density at radius 2 is 2.15 bits per heavy atom. The predicted molar refractivity (Wildman–Crippen MR) is 99.8 cm³/mol. The Labute approximate surface area is 159 Å². The van der Waals surface area contributed by atoms with Crippen LogP contribution in [0.1, 0.15) is 17.9 Å². The highest BCUT2D eigenvalue weighted by Crippen LogP contribution is 2.34. The van der Waals surface area contributed by atoms with Crippen LogP contribution in [0, 0.1) is 5.41 Å². The largest absolute Gasteiger partial charge is 0.379 e. The van der Waals surface area contributed by atoms with Crippen molar-refractivity contribution >= 4 is 5.91 Å². The van der Waals surface area contributed by atoms with Gasteiger partial charge in [0.15, 0.2) is 0 Å². The van der Waals surface area contributed by atoms with E-state index in [9.17, 15) is 4.79 Å². The summed E-state index contributed by atoms with van der Waals surface area (Å²) in [5.74, 6) is 1.21. The lowest BCUT2D eigenvalue weighted by molar-refractivity contribution is -0.131. The first-order valence-electron chi connectivity index (χ1n) is 9.56. The number of nitrogens with zero attached hydrogens (tertiary/aromatic N) is 6. The van der Waals surface area contributed by atoms with Gasteiger partial charge in [0.25, 0.3) is 0 Å². The third-order valence-electron chi connectivity index (χ3n) is 5.70. The zero-order valence-electron chi connectivity index (χ0n) is 16.2. The van der Waals surface area contributed by atoms with Crippen molar-refractivity contribution in [1.29, 1.82) is 0 Å². The minimum atomic E-state index is 0.0153. The molecule has 146 valence electrons. The van der Waals surface area contributed by atoms with Crippen molar-refractivity contribution in [3.05, 3.63) is 36.2 Å². The van der Waals surface area contributed by atoms with Gasteiger partial charge in [-0.1, -0.05) is 0 Å². The maximum Gasteiger partial charge on any atom is 0.228 e. The van der Waals surface area contributed by atoms with E-state index in [4.69, 9.17) is 4.74 Å². The molecule has 1 spiro atoms. The number of imidazole rings is 1. The van der Waals surface area contributed by atoms with E-state index >= 15 is 0 Å². The molecule has 0 aliphatic carbocycles. The van der Waals surface area contributed by atoms with Crippen LogP contribution in [0.2, 0.25) is 0 Å². The van der Waals surface area contributed by atoms with E-state index in [1.807, 2.05) is 43.7 Å². The minimum absolute atomic E-state index is 0.0153. The summed E-state index contributed by atoms with van der Waals surface area (Å²) in [6, 6.07) is 1.91. The van der Waals surface area contributed by atoms with Crippen LogP contribution in [0.4, 0.5) is 0 Å². The fourth-order valence-corrected chi connectivity index (χ4v) is 4.19. The average molecular weight is 372 g/mol. The Kier molecular flexibility index (Phi) is 5.01. The van der Waals surface area contributed by atoms with E-state index < -0.39 is 0 Å². The van der Waals surface area contributed by atoms with Gasteiger partial charge in [-0.15, -0.1) is 0 Å². The Morgan fingerprint density at radius 1 is 1.26 bits per heavy atom. The number of rotatable bonds is 4. The van der Waals surface area contributed by atoms with Gasteiger partial charge in [0.1, 0.15) is 5.82 Å². The Hall–Kier alpha value is -2.19. The van der Waals surface area contributed by atoms with Gasteiger partial charge < -0.3 is 14.2 Å². The second kappa shape index (κ2) is 7.44. The van der Waals surface area contributed by atoms with Gasteiger partial charge in [0.2, 0.25) is 5.91 Å². The number of hydrogen-bond donors (Lipinski definition) is 0. The van der Waals surface area contributed by atoms with E-state index in [-0.39, 0.29) is 11.3 Å². The van der Waals surface area contributed by atoms with Crippen molar-refractivity contribution in [2.45, 2.75) is 19.4 Å². The Morgan fingerprint density at radius 3 is 2.89 bits per heavy atom. The number of carbonyl (C=O) groups is 1. The van der Waals surface area contributed by atoms with Gasteiger partial charge in [-0.2, -0.15) is 5.10 Å². The molecule has 0 aromatic carbocycles. The first kappa shape index (κ1) is 18.2. The molecule has 2 aromatic heterocycles. The quantitative estimate of drug-likeness (QED) is 0.779. The fraction of sp³-hybridized carbons (Fsp3) is 0.632. The van der Waals surface area contributed by atoms with Crippen LogP contribution in [-0.2, 0) is 36.6 Å². The zero-order chi connectivity index (χ0) is 18.9. The molecular formula is C19H28N6O2. The van der Waals surface area contributed by atoms with Crippen molar-refractivity contribution in [2.24, 2.45) is 19.5 Å². The molecule has 1 atom stereocenters. The van der Waals surface area contributed by atoms with Crippen LogP contribution in [0.3, 0.4) is 0 Å². The summed E-state index contributed by atoms with van der Waals surface area (Å²) in [7, 11) is 3.90. The SMILES string of the molecule is Cn1ccc(CC(=O)N2CCOC[C@]3(CCN(Cc4nccn4C)C3)C2)n1. The maximum atomic E-state index is 12.8. The second-order valence-corrected chi connectivity index (χ2v) is 7.94. The Bertz CT molecular complexity index is 800. The maximum absolute atomic E-state index is 12.8. The standard InChI is InChI=1S/C19H28N6O2/c1-22-8-5-20-17(22)12-24-7-4-19(13-24)14-25(9-10-27-15-19)18(26)11-16-3-6-23(2)21-16/h3,5-6,8H,4,7,9-15H2,1-2H3/t19-/m0/s1. The first-order chi connectivity index (χ1) is 13.0. The third kappa shape index (κ3) is 4.06. The van der Waals surface area contributed by atoms with E-state index in [2.05, 4.69) is 19.5 Å². The lowest BCUT2D eigenvalue weighted by atomic mass is 9.87. The molecule has 8 heteroatoms. The molecule has 0 bridgehead atoms. The molecule has 2 fully saturated rings. The highest BCUT2D eigenvalue weighted by atomic mass is 16.5. The van der Waals surface area contributed by atoms with Crippen LogP contribution in [0.5, 0.6) is 0 Å². The molecule has 0 N–H and O–H groups in total. The molecule has 2 aliphatic heterocycles. The summed E-state index contributed by atoms with van der Waals surface area (Å²) < 4.78 is 9.72. The highest BCUT2D eigenvalue weighted by molar-refractivity contribution is 5.78. The molecular weight excluding hydrogens is 344 g/mol.